The average molecular weight is 451 g/mol. The number of hydrogen-bond donors (Lipinski definition) is 1. The first-order valence-electron chi connectivity index (χ1n) is 11.0. The van der Waals surface area contributed by atoms with Crippen LogP contribution < -0.4 is 10.0 Å². The van der Waals surface area contributed by atoms with Crippen LogP contribution in [0.3, 0.4) is 0 Å². The highest BCUT2D eigenvalue weighted by atomic mass is 19.1. The van der Waals surface area contributed by atoms with E-state index in [0.717, 1.165) is 12.1 Å². The second-order valence-electron chi connectivity index (χ2n) is 8.74. The van der Waals surface area contributed by atoms with E-state index >= 15 is 0 Å². The van der Waals surface area contributed by atoms with Gasteiger partial charge in [0.05, 0.1) is 38.1 Å². The number of rotatable bonds is 6. The number of amides is 1. The number of aryl methyl sites for hydroxylation is 2. The first kappa shape index (κ1) is 22.7. The molecule has 0 aliphatic carbocycles. The summed E-state index contributed by atoms with van der Waals surface area (Å²) in [5.74, 6) is -2.82. The molecule has 7 nitrogen and oxygen atoms in total. The van der Waals surface area contributed by atoms with E-state index in [4.69, 9.17) is 0 Å². The van der Waals surface area contributed by atoms with Crippen LogP contribution in [0.25, 0.3) is 11.4 Å². The molecule has 1 fully saturated rings. The van der Waals surface area contributed by atoms with Crippen LogP contribution in [-0.2, 0) is 9.59 Å². The van der Waals surface area contributed by atoms with E-state index in [1.165, 1.54) is 28.0 Å². The summed E-state index contributed by atoms with van der Waals surface area (Å²) >= 11 is 0. The molecule has 0 bridgehead atoms. The van der Waals surface area contributed by atoms with Crippen LogP contribution in [0.4, 0.5) is 4.39 Å². The lowest BCUT2D eigenvalue weighted by Crippen LogP contribution is -3.05. The number of halogens is 1. The van der Waals surface area contributed by atoms with Crippen molar-refractivity contribution in [2.45, 2.75) is 26.3 Å². The van der Waals surface area contributed by atoms with Gasteiger partial charge in [-0.15, -0.1) is 0 Å². The van der Waals surface area contributed by atoms with Gasteiger partial charge in [-0.05, 0) is 31.5 Å². The minimum absolute atomic E-state index is 0.139. The Hall–Kier alpha value is -3.52. The fourth-order valence-corrected chi connectivity index (χ4v) is 4.44. The van der Waals surface area contributed by atoms with Gasteiger partial charge in [-0.3, -0.25) is 9.59 Å². The van der Waals surface area contributed by atoms with Crippen molar-refractivity contribution in [1.82, 2.24) is 14.3 Å². The zero-order chi connectivity index (χ0) is 23.9. The minimum atomic E-state index is -1.08. The molecule has 172 valence electrons. The normalized spacial score (nSPS) is 18.1. The first-order valence-corrected chi connectivity index (χ1v) is 11.0. The Labute approximate surface area is 191 Å². The predicted molar refractivity (Wildman–Crippen MR) is 120 cm³/mol. The lowest BCUT2D eigenvalue weighted by Gasteiger charge is -2.28. The van der Waals surface area contributed by atoms with E-state index < -0.39 is 29.3 Å². The molecule has 1 N–H and O–H groups in total. The summed E-state index contributed by atoms with van der Waals surface area (Å²) in [6.07, 6.45) is 2.31. The van der Waals surface area contributed by atoms with Crippen LogP contribution in [-0.4, -0.2) is 53.2 Å². The Kier molecular flexibility index (Phi) is 6.03. The molecule has 1 aromatic carbocycles. The van der Waals surface area contributed by atoms with Gasteiger partial charge in [-0.25, -0.2) is 9.37 Å². The van der Waals surface area contributed by atoms with E-state index in [2.05, 4.69) is 4.98 Å². The van der Waals surface area contributed by atoms with Crippen LogP contribution in [0.15, 0.2) is 48.2 Å². The number of nitrogens with one attached hydrogen (secondary N) is 1. The van der Waals surface area contributed by atoms with Gasteiger partial charge in [0.15, 0.2) is 0 Å². The third kappa shape index (κ3) is 3.91. The number of quaternary nitrogens is 1. The van der Waals surface area contributed by atoms with E-state index in [1.807, 2.05) is 27.1 Å². The molecule has 2 aromatic heterocycles. The average Bonchev–Trinajstić information content (AvgIpc) is 3.23. The maximum Gasteiger partial charge on any atom is 0.295 e. The monoisotopic (exact) mass is 450 g/mol. The largest absolute Gasteiger partial charge is 0.871 e. The molecule has 1 aliphatic rings. The third-order valence-corrected chi connectivity index (χ3v) is 6.04. The molecular weight excluding hydrogens is 423 g/mol. The van der Waals surface area contributed by atoms with Crippen molar-refractivity contribution < 1.29 is 24.0 Å². The van der Waals surface area contributed by atoms with Crippen molar-refractivity contribution >= 4 is 23.1 Å². The molecule has 1 amide bonds. The molecule has 8 heteroatoms. The SMILES string of the molecule is Cc1nc2c(C)cccn2c1/C([O-])=C1\C(=O)C(=O)N(CCC[NH+](C)C)C1c1ccccc1F. The summed E-state index contributed by atoms with van der Waals surface area (Å²) in [6.45, 7) is 4.58. The molecule has 3 heterocycles. The van der Waals surface area contributed by atoms with Crippen molar-refractivity contribution in [3.8, 4) is 0 Å². The quantitative estimate of drug-likeness (QED) is 0.343. The Bertz CT molecular complexity index is 1280. The number of nitrogens with zero attached hydrogens (tertiary/aromatic N) is 3. The molecule has 4 rings (SSSR count). The third-order valence-electron chi connectivity index (χ3n) is 6.04. The van der Waals surface area contributed by atoms with Crippen LogP contribution in [0.2, 0.25) is 0 Å². The molecule has 1 atom stereocenters. The van der Waals surface area contributed by atoms with Crippen LogP contribution in [0.1, 0.15) is 35.0 Å². The van der Waals surface area contributed by atoms with Gasteiger partial charge in [-0.1, -0.05) is 30.0 Å². The number of pyridine rings is 1. The summed E-state index contributed by atoms with van der Waals surface area (Å²) in [4.78, 5) is 33.2. The highest BCUT2D eigenvalue weighted by Crippen LogP contribution is 2.40. The number of benzene rings is 1. The van der Waals surface area contributed by atoms with E-state index in [0.29, 0.717) is 17.8 Å². The number of fused-ring (bicyclic) bond motifs is 1. The summed E-state index contributed by atoms with van der Waals surface area (Å²) in [5, 5.41) is 13.8. The second kappa shape index (κ2) is 8.78. The molecule has 0 spiro atoms. The molecule has 1 unspecified atom stereocenters. The lowest BCUT2D eigenvalue weighted by molar-refractivity contribution is -0.858. The van der Waals surface area contributed by atoms with Gasteiger partial charge < -0.3 is 19.3 Å². The fraction of sp³-hybridized carbons (Fsp3) is 0.320. The zero-order valence-electron chi connectivity index (χ0n) is 19.2. The summed E-state index contributed by atoms with van der Waals surface area (Å²) in [5.41, 5.74) is 2.05. The smallest absolute Gasteiger partial charge is 0.295 e. The maximum absolute atomic E-state index is 14.9. The summed E-state index contributed by atoms with van der Waals surface area (Å²) in [6, 6.07) is 8.56. The number of carbonyl (C=O) groups is 2. The number of likely N-dealkylation sites (tertiary alicyclic amines) is 1. The number of Topliss-reactive ketones (excluding diaryl/α,β-unsaturated/α-hetero) is 1. The van der Waals surface area contributed by atoms with Gasteiger partial charge in [-0.2, -0.15) is 0 Å². The summed E-state index contributed by atoms with van der Waals surface area (Å²) < 4.78 is 16.5. The number of imidazole rings is 1. The first-order chi connectivity index (χ1) is 15.7. The number of ketones is 1. The van der Waals surface area contributed by atoms with Crippen molar-refractivity contribution in [3.05, 3.63) is 76.5 Å². The number of carbonyl (C=O) groups excluding carboxylic acids is 2. The molecule has 0 radical (unpaired) electrons. The van der Waals surface area contributed by atoms with Crippen LogP contribution >= 0.6 is 0 Å². The topological polar surface area (TPSA) is 82.2 Å². The van der Waals surface area contributed by atoms with Gasteiger partial charge >= 0.3 is 0 Å². The van der Waals surface area contributed by atoms with Gasteiger partial charge in [0.25, 0.3) is 5.91 Å². The zero-order valence-corrected chi connectivity index (χ0v) is 19.2. The number of aromatic nitrogens is 2. The van der Waals surface area contributed by atoms with E-state index in [9.17, 15) is 19.1 Å². The maximum atomic E-state index is 14.9. The summed E-state index contributed by atoms with van der Waals surface area (Å²) in [7, 11) is 3.98. The lowest BCUT2D eigenvalue weighted by atomic mass is 9.95. The highest BCUT2D eigenvalue weighted by molar-refractivity contribution is 6.46. The van der Waals surface area contributed by atoms with Crippen LogP contribution in [0, 0.1) is 19.7 Å². The molecule has 0 saturated carbocycles. The van der Waals surface area contributed by atoms with Crippen molar-refractivity contribution in [1.29, 1.82) is 0 Å². The molecular formula is C25H27FN4O3. The van der Waals surface area contributed by atoms with Gasteiger partial charge in [0, 0.05) is 30.3 Å². The Morgan fingerprint density at radius 3 is 2.58 bits per heavy atom. The molecule has 1 saturated heterocycles. The highest BCUT2D eigenvalue weighted by Gasteiger charge is 2.45. The second-order valence-corrected chi connectivity index (χ2v) is 8.74. The Morgan fingerprint density at radius 1 is 1.15 bits per heavy atom. The standard InChI is InChI=1S/C25H27FN4O3/c1-15-9-7-13-29-20(16(2)27-24(15)29)22(31)19-21(17-10-5-6-11-18(17)26)30(25(33)23(19)32)14-8-12-28(3)4/h5-7,9-11,13,21,31H,8,12,14H2,1-4H3/b22-19+. The van der Waals surface area contributed by atoms with Crippen molar-refractivity contribution in [3.63, 3.8) is 0 Å². The molecule has 1 aliphatic heterocycles. The minimum Gasteiger partial charge on any atom is -0.871 e. The van der Waals surface area contributed by atoms with Gasteiger partial charge in [0.2, 0.25) is 5.78 Å². The van der Waals surface area contributed by atoms with E-state index in [1.54, 1.807) is 29.7 Å². The Balaban J connectivity index is 1.92. The van der Waals surface area contributed by atoms with Crippen molar-refractivity contribution in [2.75, 3.05) is 27.2 Å². The van der Waals surface area contributed by atoms with E-state index in [-0.39, 0.29) is 23.4 Å². The fourth-order valence-electron chi connectivity index (χ4n) is 4.44. The Morgan fingerprint density at radius 2 is 1.88 bits per heavy atom. The number of hydrogen-bond acceptors (Lipinski definition) is 4. The van der Waals surface area contributed by atoms with Crippen molar-refractivity contribution in [2.24, 2.45) is 0 Å². The van der Waals surface area contributed by atoms with Crippen LogP contribution in [0.5, 0.6) is 0 Å². The predicted octanol–water partition coefficient (Wildman–Crippen LogP) is 0.849. The van der Waals surface area contributed by atoms with Gasteiger partial charge in [0.1, 0.15) is 11.5 Å². The molecule has 3 aromatic rings. The molecule has 33 heavy (non-hydrogen) atoms.